The number of rotatable bonds is 2. The summed E-state index contributed by atoms with van der Waals surface area (Å²) in [5.74, 6) is 2.32. The average molecular weight is 186 g/mol. The van der Waals surface area contributed by atoms with Crippen LogP contribution in [0.25, 0.3) is 0 Å². The van der Waals surface area contributed by atoms with E-state index in [1.54, 1.807) is 6.92 Å². The van der Waals surface area contributed by atoms with Gasteiger partial charge in [0.1, 0.15) is 12.7 Å². The highest BCUT2D eigenvalue weighted by Gasteiger charge is 2.35. The van der Waals surface area contributed by atoms with Crippen molar-refractivity contribution in [3.8, 4) is 12.3 Å². The molecule has 74 valence electrons. The first-order chi connectivity index (χ1) is 6.15. The quantitative estimate of drug-likeness (QED) is 0.570. The maximum atomic E-state index is 9.50. The molecule has 1 aliphatic rings. The maximum Gasteiger partial charge on any atom is 0.157 e. The number of aliphatic hydroxyl groups excluding tert-OH is 2. The Morgan fingerprint density at radius 2 is 2.31 bits per heavy atom. The van der Waals surface area contributed by atoms with Crippen molar-refractivity contribution in [3.05, 3.63) is 0 Å². The standard InChI is InChI=1S/C9H14O4/c1-3-4-12-9-6(2)13-8(11)5-7(9)10/h1,6-11H,4-5H2,2H3/t6-,7+,8+,9-/m1/s1. The van der Waals surface area contributed by atoms with E-state index in [4.69, 9.17) is 21.0 Å². The monoisotopic (exact) mass is 186 g/mol. The zero-order valence-corrected chi connectivity index (χ0v) is 7.51. The summed E-state index contributed by atoms with van der Waals surface area (Å²) in [4.78, 5) is 0. The van der Waals surface area contributed by atoms with Gasteiger partial charge in [0.05, 0.1) is 12.2 Å². The molecular weight excluding hydrogens is 172 g/mol. The third-order valence-electron chi connectivity index (χ3n) is 2.02. The van der Waals surface area contributed by atoms with Gasteiger partial charge in [0.2, 0.25) is 0 Å². The highest BCUT2D eigenvalue weighted by atomic mass is 16.6. The van der Waals surface area contributed by atoms with E-state index in [1.807, 2.05) is 0 Å². The molecule has 0 aromatic heterocycles. The minimum Gasteiger partial charge on any atom is -0.390 e. The molecule has 1 saturated heterocycles. The smallest absolute Gasteiger partial charge is 0.157 e. The molecule has 0 aliphatic carbocycles. The zero-order valence-electron chi connectivity index (χ0n) is 7.51. The summed E-state index contributed by atoms with van der Waals surface area (Å²) < 4.78 is 10.3. The molecule has 0 aromatic carbocycles. The molecule has 4 heteroatoms. The largest absolute Gasteiger partial charge is 0.390 e. The molecule has 4 atom stereocenters. The predicted octanol–water partition coefficient (Wildman–Crippen LogP) is -0.507. The second-order valence-corrected chi connectivity index (χ2v) is 3.08. The van der Waals surface area contributed by atoms with Crippen LogP contribution in [0.15, 0.2) is 0 Å². The molecule has 1 heterocycles. The van der Waals surface area contributed by atoms with Crippen molar-refractivity contribution in [3.63, 3.8) is 0 Å². The van der Waals surface area contributed by atoms with Crippen molar-refractivity contribution in [2.45, 2.75) is 37.9 Å². The normalized spacial score (nSPS) is 39.8. The van der Waals surface area contributed by atoms with Gasteiger partial charge in [-0.05, 0) is 6.92 Å². The van der Waals surface area contributed by atoms with Crippen molar-refractivity contribution < 1.29 is 19.7 Å². The van der Waals surface area contributed by atoms with Gasteiger partial charge in [0.15, 0.2) is 6.29 Å². The van der Waals surface area contributed by atoms with E-state index >= 15 is 0 Å². The average Bonchev–Trinajstić information content (AvgIpc) is 2.02. The lowest BCUT2D eigenvalue weighted by atomic mass is 10.0. The van der Waals surface area contributed by atoms with Gasteiger partial charge in [-0.1, -0.05) is 5.92 Å². The molecule has 1 rings (SSSR count). The summed E-state index contributed by atoms with van der Waals surface area (Å²) in [5, 5.41) is 18.6. The van der Waals surface area contributed by atoms with Crippen molar-refractivity contribution in [2.75, 3.05) is 6.61 Å². The predicted molar refractivity (Wildman–Crippen MR) is 45.8 cm³/mol. The van der Waals surface area contributed by atoms with Gasteiger partial charge in [0.25, 0.3) is 0 Å². The fourth-order valence-electron chi connectivity index (χ4n) is 1.43. The summed E-state index contributed by atoms with van der Waals surface area (Å²) >= 11 is 0. The van der Waals surface area contributed by atoms with Crippen molar-refractivity contribution >= 4 is 0 Å². The van der Waals surface area contributed by atoms with Crippen LogP contribution in [0, 0.1) is 12.3 Å². The van der Waals surface area contributed by atoms with Gasteiger partial charge in [0, 0.05) is 6.42 Å². The van der Waals surface area contributed by atoms with Gasteiger partial charge in [-0.2, -0.15) is 0 Å². The molecule has 4 nitrogen and oxygen atoms in total. The van der Waals surface area contributed by atoms with E-state index in [1.165, 1.54) is 0 Å². The lowest BCUT2D eigenvalue weighted by Gasteiger charge is -2.35. The first kappa shape index (κ1) is 10.5. The summed E-state index contributed by atoms with van der Waals surface area (Å²) in [5.41, 5.74) is 0. The molecule has 0 saturated carbocycles. The highest BCUT2D eigenvalue weighted by molar-refractivity contribution is 4.87. The van der Waals surface area contributed by atoms with Crippen LogP contribution in [-0.2, 0) is 9.47 Å². The number of ether oxygens (including phenoxy) is 2. The number of hydrogen-bond donors (Lipinski definition) is 2. The minimum atomic E-state index is -0.907. The Bertz CT molecular complexity index is 186. The topological polar surface area (TPSA) is 58.9 Å². The van der Waals surface area contributed by atoms with Crippen LogP contribution < -0.4 is 0 Å². The molecule has 0 unspecified atom stereocenters. The first-order valence-corrected chi connectivity index (χ1v) is 4.21. The molecule has 13 heavy (non-hydrogen) atoms. The molecule has 0 amide bonds. The Morgan fingerprint density at radius 1 is 1.62 bits per heavy atom. The molecular formula is C9H14O4. The Hall–Kier alpha value is -0.600. The number of terminal acetylenes is 1. The second-order valence-electron chi connectivity index (χ2n) is 3.08. The molecule has 1 fully saturated rings. The maximum absolute atomic E-state index is 9.50. The molecule has 1 aliphatic heterocycles. The third kappa shape index (κ3) is 2.68. The molecule has 2 N–H and O–H groups in total. The van der Waals surface area contributed by atoms with Crippen LogP contribution in [0.5, 0.6) is 0 Å². The fourth-order valence-corrected chi connectivity index (χ4v) is 1.43. The Kier molecular flexibility index (Phi) is 3.70. The molecule has 0 aromatic rings. The van der Waals surface area contributed by atoms with E-state index in [2.05, 4.69) is 5.92 Å². The SMILES string of the molecule is C#CCO[C@H]1[C@@H](O)C[C@@H](O)O[C@@H]1C. The van der Waals surface area contributed by atoms with Gasteiger partial charge in [-0.3, -0.25) is 0 Å². The lowest BCUT2D eigenvalue weighted by Crippen LogP contribution is -2.48. The Morgan fingerprint density at radius 3 is 2.85 bits per heavy atom. The van der Waals surface area contributed by atoms with E-state index in [0.717, 1.165) is 0 Å². The minimum absolute atomic E-state index is 0.144. The van der Waals surface area contributed by atoms with Crippen LogP contribution in [0.3, 0.4) is 0 Å². The summed E-state index contributed by atoms with van der Waals surface area (Å²) in [6, 6.07) is 0. The Balaban J connectivity index is 2.47. The molecule has 0 spiro atoms. The number of aliphatic hydroxyl groups is 2. The molecule has 0 bridgehead atoms. The fraction of sp³-hybridized carbons (Fsp3) is 0.778. The van der Waals surface area contributed by atoms with E-state index in [0.29, 0.717) is 0 Å². The van der Waals surface area contributed by atoms with Gasteiger partial charge in [-0.25, -0.2) is 0 Å². The lowest BCUT2D eigenvalue weighted by molar-refractivity contribution is -0.235. The van der Waals surface area contributed by atoms with E-state index in [9.17, 15) is 5.11 Å². The third-order valence-corrected chi connectivity index (χ3v) is 2.02. The van der Waals surface area contributed by atoms with Gasteiger partial charge < -0.3 is 19.7 Å². The number of hydrogen-bond acceptors (Lipinski definition) is 4. The summed E-state index contributed by atoms with van der Waals surface area (Å²) in [7, 11) is 0. The van der Waals surface area contributed by atoms with Crippen LogP contribution >= 0.6 is 0 Å². The van der Waals surface area contributed by atoms with Gasteiger partial charge in [-0.15, -0.1) is 6.42 Å². The van der Waals surface area contributed by atoms with Crippen molar-refractivity contribution in [2.24, 2.45) is 0 Å². The van der Waals surface area contributed by atoms with Crippen molar-refractivity contribution in [1.82, 2.24) is 0 Å². The highest BCUT2D eigenvalue weighted by Crippen LogP contribution is 2.20. The second kappa shape index (κ2) is 4.58. The zero-order chi connectivity index (χ0) is 9.84. The summed E-state index contributed by atoms with van der Waals surface area (Å²) in [6.45, 7) is 1.87. The van der Waals surface area contributed by atoms with Crippen LogP contribution in [-0.4, -0.2) is 41.4 Å². The van der Waals surface area contributed by atoms with Crippen LogP contribution in [0.2, 0.25) is 0 Å². The summed E-state index contributed by atoms with van der Waals surface area (Å²) in [6.07, 6.45) is 2.78. The van der Waals surface area contributed by atoms with E-state index < -0.39 is 18.5 Å². The van der Waals surface area contributed by atoms with E-state index in [-0.39, 0.29) is 19.1 Å². The first-order valence-electron chi connectivity index (χ1n) is 4.21. The van der Waals surface area contributed by atoms with Gasteiger partial charge >= 0.3 is 0 Å². The van der Waals surface area contributed by atoms with Crippen LogP contribution in [0.1, 0.15) is 13.3 Å². The Labute approximate surface area is 77.5 Å². The van der Waals surface area contributed by atoms with Crippen LogP contribution in [0.4, 0.5) is 0 Å². The molecule has 0 radical (unpaired) electrons. The van der Waals surface area contributed by atoms with Crippen molar-refractivity contribution in [1.29, 1.82) is 0 Å².